The third-order valence-electron chi connectivity index (χ3n) is 4.70. The second-order valence-electron chi connectivity index (χ2n) is 6.77. The van der Waals surface area contributed by atoms with E-state index >= 15 is 0 Å². The smallest absolute Gasteiger partial charge is 0.248 e. The lowest BCUT2D eigenvalue weighted by Gasteiger charge is -2.53. The molecule has 2 rings (SSSR count). The first-order valence-corrected chi connectivity index (χ1v) is 7.47. The standard InChI is InChI=1S/C15H26N2O2/c1-5-11-12(18)16-14(2,3)13(19)17(11)15(4)9-7-6-8-10-15/h11H,5-10H2,1-4H3,(H,16,18). The Kier molecular flexibility index (Phi) is 3.63. The van der Waals surface area contributed by atoms with Crippen LogP contribution in [0.25, 0.3) is 0 Å². The predicted molar refractivity (Wildman–Crippen MR) is 74.6 cm³/mol. The van der Waals surface area contributed by atoms with Crippen LogP contribution in [-0.4, -0.2) is 33.8 Å². The van der Waals surface area contributed by atoms with Gasteiger partial charge in [-0.1, -0.05) is 26.2 Å². The Morgan fingerprint density at radius 1 is 1.16 bits per heavy atom. The number of nitrogens with zero attached hydrogens (tertiary/aromatic N) is 1. The second kappa shape index (κ2) is 4.80. The van der Waals surface area contributed by atoms with Crippen molar-refractivity contribution in [2.24, 2.45) is 0 Å². The Morgan fingerprint density at radius 3 is 2.26 bits per heavy atom. The molecule has 19 heavy (non-hydrogen) atoms. The predicted octanol–water partition coefficient (Wildman–Crippen LogP) is 2.22. The highest BCUT2D eigenvalue weighted by molar-refractivity contribution is 5.99. The van der Waals surface area contributed by atoms with E-state index in [1.165, 1.54) is 6.42 Å². The summed E-state index contributed by atoms with van der Waals surface area (Å²) in [5.41, 5.74) is -0.922. The van der Waals surface area contributed by atoms with Crippen LogP contribution >= 0.6 is 0 Å². The molecule has 2 fully saturated rings. The topological polar surface area (TPSA) is 49.4 Å². The fourth-order valence-electron chi connectivity index (χ4n) is 3.55. The van der Waals surface area contributed by atoms with Gasteiger partial charge < -0.3 is 10.2 Å². The van der Waals surface area contributed by atoms with Crippen molar-refractivity contribution in [1.29, 1.82) is 0 Å². The van der Waals surface area contributed by atoms with Crippen molar-refractivity contribution in [1.82, 2.24) is 10.2 Å². The van der Waals surface area contributed by atoms with Crippen molar-refractivity contribution in [3.63, 3.8) is 0 Å². The van der Waals surface area contributed by atoms with E-state index in [1.807, 2.05) is 11.8 Å². The lowest BCUT2D eigenvalue weighted by atomic mass is 9.78. The molecule has 4 nitrogen and oxygen atoms in total. The molecule has 2 amide bonds. The summed E-state index contributed by atoms with van der Waals surface area (Å²) in [6.07, 6.45) is 6.25. The highest BCUT2D eigenvalue weighted by Gasteiger charge is 2.51. The number of rotatable bonds is 2. The number of amides is 2. The van der Waals surface area contributed by atoms with Gasteiger partial charge in [-0.2, -0.15) is 0 Å². The van der Waals surface area contributed by atoms with E-state index < -0.39 is 5.54 Å². The van der Waals surface area contributed by atoms with E-state index in [2.05, 4.69) is 12.2 Å². The first-order chi connectivity index (χ1) is 8.82. The van der Waals surface area contributed by atoms with Gasteiger partial charge in [0.1, 0.15) is 11.6 Å². The molecule has 0 aromatic heterocycles. The summed E-state index contributed by atoms with van der Waals surface area (Å²) >= 11 is 0. The van der Waals surface area contributed by atoms with Gasteiger partial charge in [0.25, 0.3) is 0 Å². The largest absolute Gasteiger partial charge is 0.340 e. The Hall–Kier alpha value is -1.06. The van der Waals surface area contributed by atoms with Crippen molar-refractivity contribution in [3.05, 3.63) is 0 Å². The van der Waals surface area contributed by atoms with E-state index in [-0.39, 0.29) is 23.4 Å². The molecule has 2 aliphatic rings. The maximum absolute atomic E-state index is 12.8. The summed E-state index contributed by atoms with van der Waals surface area (Å²) in [7, 11) is 0. The Bertz CT molecular complexity index is 384. The number of carbonyl (C=O) groups excluding carboxylic acids is 2. The fraction of sp³-hybridized carbons (Fsp3) is 0.867. The van der Waals surface area contributed by atoms with E-state index in [9.17, 15) is 9.59 Å². The number of hydrogen-bond acceptors (Lipinski definition) is 2. The van der Waals surface area contributed by atoms with Gasteiger partial charge >= 0.3 is 0 Å². The molecule has 1 saturated heterocycles. The van der Waals surface area contributed by atoms with E-state index in [4.69, 9.17) is 0 Å². The molecule has 0 bridgehead atoms. The normalized spacial score (nSPS) is 30.1. The first-order valence-electron chi connectivity index (χ1n) is 7.47. The quantitative estimate of drug-likeness (QED) is 0.833. The van der Waals surface area contributed by atoms with Crippen LogP contribution in [-0.2, 0) is 9.59 Å². The van der Waals surface area contributed by atoms with Crippen LogP contribution in [0.4, 0.5) is 0 Å². The molecule has 1 N–H and O–H groups in total. The van der Waals surface area contributed by atoms with Crippen molar-refractivity contribution in [2.45, 2.75) is 83.3 Å². The van der Waals surface area contributed by atoms with E-state index in [1.54, 1.807) is 13.8 Å². The third kappa shape index (κ3) is 2.37. The molecule has 1 aliphatic carbocycles. The third-order valence-corrected chi connectivity index (χ3v) is 4.70. The minimum absolute atomic E-state index is 0.00102. The summed E-state index contributed by atoms with van der Waals surface area (Å²) < 4.78 is 0. The van der Waals surface area contributed by atoms with Gasteiger partial charge in [0, 0.05) is 5.54 Å². The van der Waals surface area contributed by atoms with Gasteiger partial charge in [-0.25, -0.2) is 0 Å². The minimum Gasteiger partial charge on any atom is -0.340 e. The van der Waals surface area contributed by atoms with Crippen LogP contribution in [0.2, 0.25) is 0 Å². The highest BCUT2D eigenvalue weighted by atomic mass is 16.2. The van der Waals surface area contributed by atoms with Gasteiger partial charge in [0.15, 0.2) is 0 Å². The zero-order chi connectivity index (χ0) is 14.3. The summed E-state index contributed by atoms with van der Waals surface area (Å²) in [4.78, 5) is 27.0. The van der Waals surface area contributed by atoms with Gasteiger partial charge in [-0.05, 0) is 40.0 Å². The van der Waals surface area contributed by atoms with Crippen molar-refractivity contribution in [3.8, 4) is 0 Å². The Morgan fingerprint density at radius 2 is 1.74 bits per heavy atom. The summed E-state index contributed by atoms with van der Waals surface area (Å²) in [6.45, 7) is 7.74. The van der Waals surface area contributed by atoms with Crippen molar-refractivity contribution in [2.75, 3.05) is 0 Å². The summed E-state index contributed by atoms with van der Waals surface area (Å²) in [5.74, 6) is 0.0715. The molecule has 0 spiro atoms. The second-order valence-corrected chi connectivity index (χ2v) is 6.77. The van der Waals surface area contributed by atoms with Gasteiger partial charge in [0.2, 0.25) is 11.8 Å². The van der Waals surface area contributed by atoms with Crippen molar-refractivity contribution < 1.29 is 9.59 Å². The van der Waals surface area contributed by atoms with Crippen LogP contribution in [0, 0.1) is 0 Å². The van der Waals surface area contributed by atoms with Crippen LogP contribution in [0.5, 0.6) is 0 Å². The van der Waals surface area contributed by atoms with Gasteiger partial charge in [-0.15, -0.1) is 0 Å². The molecule has 1 aliphatic heterocycles. The Labute approximate surface area is 115 Å². The van der Waals surface area contributed by atoms with Gasteiger partial charge in [-0.3, -0.25) is 9.59 Å². The van der Waals surface area contributed by atoms with E-state index in [0.717, 1.165) is 25.7 Å². The molecular formula is C15H26N2O2. The molecular weight excluding hydrogens is 240 g/mol. The lowest BCUT2D eigenvalue weighted by Crippen LogP contribution is -2.72. The fourth-order valence-corrected chi connectivity index (χ4v) is 3.55. The zero-order valence-corrected chi connectivity index (χ0v) is 12.6. The summed E-state index contributed by atoms with van der Waals surface area (Å²) in [5, 5.41) is 2.86. The molecule has 4 heteroatoms. The first kappa shape index (κ1) is 14.4. The summed E-state index contributed by atoms with van der Waals surface area (Å²) in [6, 6.07) is -0.302. The van der Waals surface area contributed by atoms with Crippen LogP contribution in [0.1, 0.15) is 66.2 Å². The number of hydrogen-bond donors (Lipinski definition) is 1. The number of piperazine rings is 1. The molecule has 1 heterocycles. The number of nitrogens with one attached hydrogen (secondary N) is 1. The average Bonchev–Trinajstić information content (AvgIpc) is 2.33. The van der Waals surface area contributed by atoms with Crippen LogP contribution in [0.3, 0.4) is 0 Å². The maximum atomic E-state index is 12.8. The maximum Gasteiger partial charge on any atom is 0.248 e. The van der Waals surface area contributed by atoms with Crippen LogP contribution in [0.15, 0.2) is 0 Å². The van der Waals surface area contributed by atoms with Crippen molar-refractivity contribution >= 4 is 11.8 Å². The SMILES string of the molecule is CCC1C(=O)NC(C)(C)C(=O)N1C1(C)CCCCC1. The molecule has 0 aromatic carbocycles. The number of carbonyl (C=O) groups is 2. The molecule has 1 saturated carbocycles. The minimum atomic E-state index is -0.775. The van der Waals surface area contributed by atoms with E-state index in [0.29, 0.717) is 6.42 Å². The highest BCUT2D eigenvalue weighted by Crippen LogP contribution is 2.38. The molecule has 108 valence electrons. The molecule has 1 unspecified atom stereocenters. The van der Waals surface area contributed by atoms with Gasteiger partial charge in [0.05, 0.1) is 0 Å². The monoisotopic (exact) mass is 266 g/mol. The Balaban J connectivity index is 2.36. The molecule has 0 radical (unpaired) electrons. The lowest BCUT2D eigenvalue weighted by molar-refractivity contribution is -0.162. The zero-order valence-electron chi connectivity index (χ0n) is 12.6. The van der Waals surface area contributed by atoms with Crippen LogP contribution < -0.4 is 5.32 Å². The average molecular weight is 266 g/mol. The molecule has 0 aromatic rings. The molecule has 1 atom stereocenters.